The lowest BCUT2D eigenvalue weighted by Gasteiger charge is -2.07. The lowest BCUT2D eigenvalue weighted by Crippen LogP contribution is -2.26. The average molecular weight is 321 g/mol. The smallest absolute Gasteiger partial charge is 0.238 e. The first-order valence-electron chi connectivity index (χ1n) is 6.94. The number of hydrogen-bond acceptors (Lipinski definition) is 3. The lowest BCUT2D eigenvalue weighted by atomic mass is 10.1. The van der Waals surface area contributed by atoms with Crippen LogP contribution >= 0.6 is 0 Å². The van der Waals surface area contributed by atoms with Crippen molar-refractivity contribution in [1.29, 1.82) is 0 Å². The van der Waals surface area contributed by atoms with Crippen LogP contribution in [-0.4, -0.2) is 25.4 Å². The largest absolute Gasteiger partial charge is 0.356 e. The zero-order chi connectivity index (χ0) is 16.0. The predicted molar refractivity (Wildman–Crippen MR) is 83.6 cm³/mol. The molecule has 0 radical (unpaired) electrons. The highest BCUT2D eigenvalue weighted by atomic mass is 32.2. The van der Waals surface area contributed by atoms with E-state index in [4.69, 9.17) is 5.14 Å². The van der Waals surface area contributed by atoms with Crippen molar-refractivity contribution in [2.24, 2.45) is 5.14 Å². The molecule has 7 heteroatoms. The summed E-state index contributed by atoms with van der Waals surface area (Å²) in [7, 11) is -3.65. The zero-order valence-electron chi connectivity index (χ0n) is 12.1. The second-order valence-electron chi connectivity index (χ2n) is 4.96. The van der Waals surface area contributed by atoms with E-state index in [0.717, 1.165) is 5.56 Å². The second kappa shape index (κ2) is 7.24. The molecule has 0 aliphatic carbocycles. The van der Waals surface area contributed by atoms with E-state index in [1.54, 1.807) is 12.1 Å². The van der Waals surface area contributed by atoms with Crippen LogP contribution in [0.1, 0.15) is 12.0 Å². The van der Waals surface area contributed by atoms with E-state index in [1.807, 2.05) is 29.1 Å². The van der Waals surface area contributed by atoms with Crippen LogP contribution in [0.25, 0.3) is 0 Å². The van der Waals surface area contributed by atoms with Crippen LogP contribution in [-0.2, 0) is 27.8 Å². The van der Waals surface area contributed by atoms with E-state index >= 15 is 0 Å². The SMILES string of the molecule is NS(=O)(=O)c1ccc(CCNC(=O)CCn2cccc2)cc1. The fourth-order valence-corrected chi connectivity index (χ4v) is 2.55. The average Bonchev–Trinajstić information content (AvgIpc) is 2.98. The number of sulfonamides is 1. The number of aryl methyl sites for hydroxylation is 1. The van der Waals surface area contributed by atoms with Gasteiger partial charge in [-0.3, -0.25) is 4.79 Å². The molecule has 1 amide bonds. The Hall–Kier alpha value is -2.12. The highest BCUT2D eigenvalue weighted by molar-refractivity contribution is 7.89. The maximum Gasteiger partial charge on any atom is 0.238 e. The fraction of sp³-hybridized carbons (Fsp3) is 0.267. The topological polar surface area (TPSA) is 94.2 Å². The van der Waals surface area contributed by atoms with Gasteiger partial charge in [-0.2, -0.15) is 0 Å². The first kappa shape index (κ1) is 16.3. The summed E-state index contributed by atoms with van der Waals surface area (Å²) in [5, 5.41) is 7.88. The minimum Gasteiger partial charge on any atom is -0.356 e. The Balaban J connectivity index is 1.73. The van der Waals surface area contributed by atoms with Gasteiger partial charge in [-0.1, -0.05) is 12.1 Å². The van der Waals surface area contributed by atoms with Crippen LogP contribution in [0.4, 0.5) is 0 Å². The third-order valence-corrected chi connectivity index (χ3v) is 4.18. The molecule has 0 saturated heterocycles. The van der Waals surface area contributed by atoms with Gasteiger partial charge in [0.2, 0.25) is 15.9 Å². The van der Waals surface area contributed by atoms with Crippen LogP contribution in [0.5, 0.6) is 0 Å². The van der Waals surface area contributed by atoms with Gasteiger partial charge in [0, 0.05) is 31.9 Å². The Bertz CT molecular complexity index is 707. The number of nitrogens with one attached hydrogen (secondary N) is 1. The van der Waals surface area contributed by atoms with Crippen molar-refractivity contribution in [3.8, 4) is 0 Å². The summed E-state index contributed by atoms with van der Waals surface area (Å²) >= 11 is 0. The van der Waals surface area contributed by atoms with Gasteiger partial charge in [0.25, 0.3) is 0 Å². The summed E-state index contributed by atoms with van der Waals surface area (Å²) in [6.45, 7) is 1.17. The van der Waals surface area contributed by atoms with E-state index in [9.17, 15) is 13.2 Å². The number of amides is 1. The highest BCUT2D eigenvalue weighted by Gasteiger charge is 2.07. The number of rotatable bonds is 7. The number of nitrogens with zero attached hydrogens (tertiary/aromatic N) is 1. The van der Waals surface area contributed by atoms with Crippen LogP contribution < -0.4 is 10.5 Å². The van der Waals surface area contributed by atoms with Gasteiger partial charge in [-0.15, -0.1) is 0 Å². The van der Waals surface area contributed by atoms with Crippen molar-refractivity contribution in [1.82, 2.24) is 9.88 Å². The molecule has 118 valence electrons. The molecular weight excluding hydrogens is 302 g/mol. The second-order valence-corrected chi connectivity index (χ2v) is 6.52. The molecule has 3 N–H and O–H groups in total. The van der Waals surface area contributed by atoms with Crippen molar-refractivity contribution in [3.63, 3.8) is 0 Å². The number of benzene rings is 1. The van der Waals surface area contributed by atoms with Gasteiger partial charge in [0.1, 0.15) is 0 Å². The van der Waals surface area contributed by atoms with Crippen molar-refractivity contribution in [2.45, 2.75) is 24.3 Å². The Morgan fingerprint density at radius 1 is 1.14 bits per heavy atom. The third-order valence-electron chi connectivity index (χ3n) is 3.25. The summed E-state index contributed by atoms with van der Waals surface area (Å²) in [6, 6.07) is 10.2. The molecule has 1 heterocycles. The number of nitrogens with two attached hydrogens (primary N) is 1. The Labute approximate surface area is 130 Å². The molecule has 2 aromatic rings. The summed E-state index contributed by atoms with van der Waals surface area (Å²) < 4.78 is 24.2. The van der Waals surface area contributed by atoms with E-state index in [0.29, 0.717) is 25.9 Å². The minimum atomic E-state index is -3.65. The Morgan fingerprint density at radius 3 is 2.36 bits per heavy atom. The van der Waals surface area contributed by atoms with Crippen molar-refractivity contribution < 1.29 is 13.2 Å². The quantitative estimate of drug-likeness (QED) is 0.793. The zero-order valence-corrected chi connectivity index (χ0v) is 12.9. The van der Waals surface area contributed by atoms with E-state index < -0.39 is 10.0 Å². The molecule has 0 bridgehead atoms. The maximum atomic E-state index is 11.7. The first-order chi connectivity index (χ1) is 10.4. The van der Waals surface area contributed by atoms with E-state index in [2.05, 4.69) is 5.32 Å². The minimum absolute atomic E-state index is 0.00476. The molecule has 2 rings (SSSR count). The van der Waals surface area contributed by atoms with Gasteiger partial charge < -0.3 is 9.88 Å². The normalized spacial score (nSPS) is 11.3. The predicted octanol–water partition coefficient (Wildman–Crippen LogP) is 0.884. The molecule has 1 aromatic heterocycles. The molecule has 1 aromatic carbocycles. The molecule has 6 nitrogen and oxygen atoms in total. The molecule has 0 unspecified atom stereocenters. The molecular formula is C15H19N3O3S. The molecule has 0 aliphatic heterocycles. The number of aromatic nitrogens is 1. The summed E-state index contributed by atoms with van der Waals surface area (Å²) in [4.78, 5) is 11.8. The standard InChI is InChI=1S/C15H19N3O3S/c16-22(20,21)14-5-3-13(4-6-14)7-9-17-15(19)8-12-18-10-1-2-11-18/h1-6,10-11H,7-9,12H2,(H,17,19)(H2,16,20,21). The molecule has 0 spiro atoms. The van der Waals surface area contributed by atoms with Gasteiger partial charge in [-0.05, 0) is 36.2 Å². The van der Waals surface area contributed by atoms with Gasteiger partial charge >= 0.3 is 0 Å². The van der Waals surface area contributed by atoms with Crippen LogP contribution in [0, 0.1) is 0 Å². The summed E-state index contributed by atoms with van der Waals surface area (Å²) in [5.41, 5.74) is 0.943. The van der Waals surface area contributed by atoms with Crippen molar-refractivity contribution >= 4 is 15.9 Å². The van der Waals surface area contributed by atoms with Gasteiger partial charge in [0.15, 0.2) is 0 Å². The number of carbonyl (C=O) groups is 1. The lowest BCUT2D eigenvalue weighted by molar-refractivity contribution is -0.121. The maximum absolute atomic E-state index is 11.7. The van der Waals surface area contributed by atoms with Crippen LogP contribution in [0.3, 0.4) is 0 Å². The van der Waals surface area contributed by atoms with Crippen LogP contribution in [0.2, 0.25) is 0 Å². The van der Waals surface area contributed by atoms with Crippen LogP contribution in [0.15, 0.2) is 53.7 Å². The fourth-order valence-electron chi connectivity index (χ4n) is 2.03. The van der Waals surface area contributed by atoms with E-state index in [1.165, 1.54) is 12.1 Å². The summed E-state index contributed by atoms with van der Waals surface area (Å²) in [6.07, 6.45) is 4.90. The first-order valence-corrected chi connectivity index (χ1v) is 8.49. The van der Waals surface area contributed by atoms with Crippen molar-refractivity contribution in [2.75, 3.05) is 6.54 Å². The monoisotopic (exact) mass is 321 g/mol. The molecule has 0 saturated carbocycles. The van der Waals surface area contributed by atoms with Crippen molar-refractivity contribution in [3.05, 3.63) is 54.4 Å². The highest BCUT2D eigenvalue weighted by Crippen LogP contribution is 2.08. The molecule has 0 aliphatic rings. The van der Waals surface area contributed by atoms with Gasteiger partial charge in [0.05, 0.1) is 4.90 Å². The molecule has 22 heavy (non-hydrogen) atoms. The number of primary sulfonamides is 1. The Morgan fingerprint density at radius 2 is 1.77 bits per heavy atom. The molecule has 0 atom stereocenters. The van der Waals surface area contributed by atoms with E-state index in [-0.39, 0.29) is 10.8 Å². The number of hydrogen-bond donors (Lipinski definition) is 2. The number of carbonyl (C=O) groups excluding carboxylic acids is 1. The third kappa shape index (κ3) is 5.01. The molecule has 0 fully saturated rings. The van der Waals surface area contributed by atoms with Gasteiger partial charge in [-0.25, -0.2) is 13.6 Å². The summed E-state index contributed by atoms with van der Waals surface area (Å²) in [5.74, 6) is -0.00476. The Kier molecular flexibility index (Phi) is 5.35.